The van der Waals surface area contributed by atoms with Crippen molar-refractivity contribution in [3.8, 4) is 5.75 Å². The second-order valence-electron chi connectivity index (χ2n) is 5.73. The lowest BCUT2D eigenvalue weighted by Crippen LogP contribution is -2.45. The SMILES string of the molecule is COc1ccc(N([C@H](C)C(=O)Nc2cccc([N+](=O)[O-])c2)S(C)(=O)=O)cc1. The van der Waals surface area contributed by atoms with E-state index in [1.165, 1.54) is 50.4 Å². The number of non-ortho nitro benzene ring substituents is 1. The lowest BCUT2D eigenvalue weighted by molar-refractivity contribution is -0.384. The fraction of sp³-hybridized carbons (Fsp3) is 0.235. The van der Waals surface area contributed by atoms with Crippen LogP contribution in [0.4, 0.5) is 17.1 Å². The van der Waals surface area contributed by atoms with Crippen molar-refractivity contribution in [2.75, 3.05) is 23.0 Å². The molecule has 27 heavy (non-hydrogen) atoms. The number of carbonyl (C=O) groups excluding carboxylic acids is 1. The van der Waals surface area contributed by atoms with Gasteiger partial charge in [0.25, 0.3) is 5.69 Å². The molecule has 0 aliphatic carbocycles. The van der Waals surface area contributed by atoms with Crippen LogP contribution in [0.25, 0.3) is 0 Å². The molecule has 144 valence electrons. The number of carbonyl (C=O) groups is 1. The monoisotopic (exact) mass is 393 g/mol. The molecular formula is C17H19N3O6S. The topological polar surface area (TPSA) is 119 Å². The molecule has 0 aliphatic rings. The lowest BCUT2D eigenvalue weighted by Gasteiger charge is -2.28. The van der Waals surface area contributed by atoms with Crippen LogP contribution in [0.5, 0.6) is 5.75 Å². The fourth-order valence-electron chi connectivity index (χ4n) is 2.48. The van der Waals surface area contributed by atoms with Crippen molar-refractivity contribution in [1.82, 2.24) is 0 Å². The van der Waals surface area contributed by atoms with E-state index in [0.717, 1.165) is 10.6 Å². The molecule has 1 N–H and O–H groups in total. The summed E-state index contributed by atoms with van der Waals surface area (Å²) in [5.74, 6) is -0.0855. The van der Waals surface area contributed by atoms with Crippen LogP contribution in [0.3, 0.4) is 0 Å². The molecule has 0 heterocycles. The Morgan fingerprint density at radius 3 is 2.37 bits per heavy atom. The molecule has 1 amide bonds. The van der Waals surface area contributed by atoms with E-state index in [9.17, 15) is 23.3 Å². The quantitative estimate of drug-likeness (QED) is 0.570. The predicted molar refractivity (Wildman–Crippen MR) is 102 cm³/mol. The molecule has 0 saturated heterocycles. The fourth-order valence-corrected chi connectivity index (χ4v) is 3.66. The summed E-state index contributed by atoms with van der Waals surface area (Å²) in [6.07, 6.45) is 0.994. The van der Waals surface area contributed by atoms with Crippen molar-refractivity contribution in [2.24, 2.45) is 0 Å². The van der Waals surface area contributed by atoms with Gasteiger partial charge in [-0.25, -0.2) is 8.42 Å². The normalized spacial score (nSPS) is 12.1. The van der Waals surface area contributed by atoms with Gasteiger partial charge in [-0.2, -0.15) is 0 Å². The summed E-state index contributed by atoms with van der Waals surface area (Å²) in [7, 11) is -2.29. The van der Waals surface area contributed by atoms with Gasteiger partial charge in [0, 0.05) is 17.8 Å². The minimum absolute atomic E-state index is 0.185. The van der Waals surface area contributed by atoms with Crippen LogP contribution in [0.15, 0.2) is 48.5 Å². The maximum atomic E-state index is 12.6. The number of amides is 1. The number of hydrogen-bond donors (Lipinski definition) is 1. The van der Waals surface area contributed by atoms with Gasteiger partial charge in [0.1, 0.15) is 11.8 Å². The Kier molecular flexibility index (Phi) is 6.01. The van der Waals surface area contributed by atoms with E-state index in [1.807, 2.05) is 0 Å². The van der Waals surface area contributed by atoms with Crippen LogP contribution >= 0.6 is 0 Å². The Balaban J connectivity index is 2.29. The van der Waals surface area contributed by atoms with Crippen molar-refractivity contribution in [2.45, 2.75) is 13.0 Å². The highest BCUT2D eigenvalue weighted by atomic mass is 32.2. The molecule has 2 rings (SSSR count). The molecule has 0 saturated carbocycles. The third kappa shape index (κ3) is 4.94. The number of nitro groups is 1. The van der Waals surface area contributed by atoms with Gasteiger partial charge >= 0.3 is 0 Å². The summed E-state index contributed by atoms with van der Waals surface area (Å²) in [6, 6.07) is 10.5. The molecule has 2 aromatic carbocycles. The maximum absolute atomic E-state index is 12.6. The third-order valence-electron chi connectivity index (χ3n) is 3.74. The maximum Gasteiger partial charge on any atom is 0.271 e. The Labute approximate surface area is 156 Å². The van der Waals surface area contributed by atoms with Crippen LogP contribution in [0.1, 0.15) is 6.92 Å². The number of hydrogen-bond acceptors (Lipinski definition) is 6. The lowest BCUT2D eigenvalue weighted by atomic mass is 10.2. The first-order valence-electron chi connectivity index (χ1n) is 7.82. The van der Waals surface area contributed by atoms with E-state index in [2.05, 4.69) is 5.32 Å². The zero-order valence-electron chi connectivity index (χ0n) is 14.9. The molecule has 0 bridgehead atoms. The molecule has 9 nitrogen and oxygen atoms in total. The molecule has 0 unspecified atom stereocenters. The second-order valence-corrected chi connectivity index (χ2v) is 7.59. The Bertz CT molecular complexity index is 943. The molecule has 0 aromatic heterocycles. The predicted octanol–water partition coefficient (Wildman–Crippen LogP) is 2.40. The minimum Gasteiger partial charge on any atom is -0.497 e. The van der Waals surface area contributed by atoms with Crippen LogP contribution < -0.4 is 14.4 Å². The molecule has 0 aliphatic heterocycles. The summed E-state index contributed by atoms with van der Waals surface area (Å²) in [6.45, 7) is 1.43. The van der Waals surface area contributed by atoms with E-state index in [1.54, 1.807) is 12.1 Å². The highest BCUT2D eigenvalue weighted by Crippen LogP contribution is 2.25. The molecular weight excluding hydrogens is 374 g/mol. The minimum atomic E-state index is -3.77. The summed E-state index contributed by atoms with van der Waals surface area (Å²) < 4.78 is 30.5. The number of nitro benzene ring substituents is 1. The van der Waals surface area contributed by atoms with Gasteiger partial charge in [0.2, 0.25) is 15.9 Å². The summed E-state index contributed by atoms with van der Waals surface area (Å²) in [4.78, 5) is 22.8. The first-order valence-corrected chi connectivity index (χ1v) is 9.67. The van der Waals surface area contributed by atoms with Crippen LogP contribution in [0.2, 0.25) is 0 Å². The summed E-state index contributed by atoms with van der Waals surface area (Å²) >= 11 is 0. The van der Waals surface area contributed by atoms with Gasteiger partial charge in [-0.3, -0.25) is 19.2 Å². The van der Waals surface area contributed by atoms with E-state index >= 15 is 0 Å². The highest BCUT2D eigenvalue weighted by molar-refractivity contribution is 7.92. The average Bonchev–Trinajstić information content (AvgIpc) is 2.61. The number of benzene rings is 2. The van der Waals surface area contributed by atoms with E-state index in [4.69, 9.17) is 4.74 Å². The number of nitrogens with one attached hydrogen (secondary N) is 1. The zero-order chi connectivity index (χ0) is 20.2. The molecule has 10 heteroatoms. The highest BCUT2D eigenvalue weighted by Gasteiger charge is 2.29. The van der Waals surface area contributed by atoms with Gasteiger partial charge in [-0.15, -0.1) is 0 Å². The Morgan fingerprint density at radius 1 is 1.22 bits per heavy atom. The number of rotatable bonds is 7. The Hall–Kier alpha value is -3.14. The molecule has 0 spiro atoms. The van der Waals surface area contributed by atoms with Gasteiger partial charge in [0.05, 0.1) is 24.0 Å². The first-order chi connectivity index (χ1) is 12.6. The molecule has 0 fully saturated rings. The van der Waals surface area contributed by atoms with E-state index in [0.29, 0.717) is 11.4 Å². The second kappa shape index (κ2) is 8.04. The number of sulfonamides is 1. The number of methoxy groups -OCH3 is 1. The number of ether oxygens (including phenoxy) is 1. The van der Waals surface area contributed by atoms with E-state index < -0.39 is 26.9 Å². The standard InChI is InChI=1S/C17H19N3O6S/c1-12(17(21)18-13-5-4-6-15(11-13)20(22)23)19(27(3,24)25)14-7-9-16(26-2)10-8-14/h4-12H,1-3H3,(H,18,21)/t12-/m1/s1. The van der Waals surface area contributed by atoms with Crippen molar-refractivity contribution in [1.29, 1.82) is 0 Å². The molecule has 2 aromatic rings. The number of nitrogens with zero attached hydrogens (tertiary/aromatic N) is 2. The first kappa shape index (κ1) is 20.2. The third-order valence-corrected chi connectivity index (χ3v) is 4.98. The largest absolute Gasteiger partial charge is 0.497 e. The van der Waals surface area contributed by atoms with Gasteiger partial charge in [-0.05, 0) is 37.3 Å². The van der Waals surface area contributed by atoms with Crippen molar-refractivity contribution < 1.29 is 22.9 Å². The van der Waals surface area contributed by atoms with Gasteiger partial charge < -0.3 is 10.1 Å². The Morgan fingerprint density at radius 2 is 1.85 bits per heavy atom. The van der Waals surface area contributed by atoms with Crippen molar-refractivity contribution in [3.05, 3.63) is 58.6 Å². The smallest absolute Gasteiger partial charge is 0.271 e. The van der Waals surface area contributed by atoms with Gasteiger partial charge in [-0.1, -0.05) is 6.07 Å². The average molecular weight is 393 g/mol. The molecule has 0 radical (unpaired) electrons. The van der Waals surface area contributed by atoms with Crippen molar-refractivity contribution in [3.63, 3.8) is 0 Å². The van der Waals surface area contributed by atoms with Crippen LogP contribution in [-0.4, -0.2) is 38.7 Å². The zero-order valence-corrected chi connectivity index (χ0v) is 15.8. The van der Waals surface area contributed by atoms with Crippen LogP contribution in [0, 0.1) is 10.1 Å². The summed E-state index contributed by atoms with van der Waals surface area (Å²) in [5, 5.41) is 13.4. The van der Waals surface area contributed by atoms with Crippen LogP contribution in [-0.2, 0) is 14.8 Å². The molecule has 1 atom stereocenters. The summed E-state index contributed by atoms with van der Waals surface area (Å²) in [5.41, 5.74) is 0.305. The number of anilines is 2. The van der Waals surface area contributed by atoms with E-state index in [-0.39, 0.29) is 11.4 Å². The van der Waals surface area contributed by atoms with Gasteiger partial charge in [0.15, 0.2) is 0 Å². The van der Waals surface area contributed by atoms with Crippen molar-refractivity contribution >= 4 is 33.0 Å².